The Kier molecular flexibility index (Phi) is 4.35. The van der Waals surface area contributed by atoms with E-state index in [4.69, 9.17) is 4.11 Å². The lowest BCUT2D eigenvalue weighted by molar-refractivity contribution is -0.661. The summed E-state index contributed by atoms with van der Waals surface area (Å²) in [5.74, 6) is -0.748. The summed E-state index contributed by atoms with van der Waals surface area (Å²) in [5, 5.41) is 12.4. The number of benzene rings is 4. The molecule has 180 valence electrons. The van der Waals surface area contributed by atoms with Crippen molar-refractivity contribution < 1.29 is 13.1 Å². The van der Waals surface area contributed by atoms with Crippen molar-refractivity contribution in [3.63, 3.8) is 0 Å². The molecule has 37 heavy (non-hydrogen) atoms. The molecule has 1 aliphatic carbocycles. The number of halogens is 1. The van der Waals surface area contributed by atoms with Gasteiger partial charge in [0.2, 0.25) is 5.69 Å². The van der Waals surface area contributed by atoms with E-state index in [9.17, 15) is 5.26 Å². The molecular formula is C34H28FN2+. The van der Waals surface area contributed by atoms with Crippen molar-refractivity contribution in [2.75, 3.05) is 0 Å². The fraction of sp³-hybridized carbons (Fsp3) is 0.176. The van der Waals surface area contributed by atoms with Gasteiger partial charge in [-0.05, 0) is 70.1 Å². The van der Waals surface area contributed by atoms with Crippen molar-refractivity contribution in [2.45, 2.75) is 33.0 Å². The van der Waals surface area contributed by atoms with Gasteiger partial charge >= 0.3 is 0 Å². The van der Waals surface area contributed by atoms with E-state index >= 15 is 4.39 Å². The summed E-state index contributed by atoms with van der Waals surface area (Å²) in [6, 6.07) is 26.3. The minimum Gasteiger partial charge on any atom is -0.206 e. The zero-order valence-electron chi connectivity index (χ0n) is 24.3. The van der Waals surface area contributed by atoms with Gasteiger partial charge in [-0.25, -0.2) is 8.96 Å². The fourth-order valence-electron chi connectivity index (χ4n) is 6.12. The summed E-state index contributed by atoms with van der Waals surface area (Å²) in [4.78, 5) is 0. The Labute approximate surface area is 221 Å². The molecule has 0 saturated carbocycles. The minimum absolute atomic E-state index is 0.302. The zero-order valence-corrected chi connectivity index (χ0v) is 21.3. The van der Waals surface area contributed by atoms with Crippen LogP contribution in [0.3, 0.4) is 0 Å². The molecule has 0 bridgehead atoms. The maximum Gasteiger partial charge on any atom is 0.215 e. The third-order valence-electron chi connectivity index (χ3n) is 7.80. The summed E-state index contributed by atoms with van der Waals surface area (Å²) in [6.45, 7) is 3.75. The fourth-order valence-corrected chi connectivity index (χ4v) is 6.12. The summed E-state index contributed by atoms with van der Waals surface area (Å²) < 4.78 is 40.2. The van der Waals surface area contributed by atoms with Gasteiger partial charge in [-0.1, -0.05) is 68.4 Å². The highest BCUT2D eigenvalue weighted by atomic mass is 19.1. The third kappa shape index (κ3) is 3.33. The highest BCUT2D eigenvalue weighted by Crippen LogP contribution is 2.56. The van der Waals surface area contributed by atoms with Gasteiger partial charge in [0, 0.05) is 26.7 Å². The second-order valence-electron chi connectivity index (χ2n) is 10.4. The Morgan fingerprint density at radius 1 is 0.865 bits per heavy atom. The van der Waals surface area contributed by atoms with Crippen LogP contribution in [0.25, 0.3) is 44.3 Å². The molecule has 1 aromatic heterocycles. The molecule has 2 nitrogen and oxygen atoms in total. The van der Waals surface area contributed by atoms with Crippen LogP contribution in [0.2, 0.25) is 0 Å². The average Bonchev–Trinajstić information content (AvgIpc) is 3.15. The van der Waals surface area contributed by atoms with Gasteiger partial charge in [0.1, 0.15) is 12.9 Å². The molecule has 0 atom stereocenters. The van der Waals surface area contributed by atoms with Gasteiger partial charge < -0.3 is 0 Å². The van der Waals surface area contributed by atoms with Crippen LogP contribution in [0, 0.1) is 30.9 Å². The van der Waals surface area contributed by atoms with Crippen molar-refractivity contribution in [3.05, 3.63) is 113 Å². The lowest BCUT2D eigenvalue weighted by atomic mass is 9.75. The molecule has 0 amide bonds. The Hall–Kier alpha value is -4.29. The van der Waals surface area contributed by atoms with Gasteiger partial charge in [0.05, 0.1) is 17.2 Å². The van der Waals surface area contributed by atoms with E-state index < -0.39 is 18.1 Å². The minimum atomic E-state index is -2.55. The second-order valence-corrected chi connectivity index (χ2v) is 10.4. The summed E-state index contributed by atoms with van der Waals surface area (Å²) >= 11 is 0. The van der Waals surface area contributed by atoms with Crippen molar-refractivity contribution in [1.29, 1.82) is 5.26 Å². The van der Waals surface area contributed by atoms with Crippen LogP contribution >= 0.6 is 0 Å². The molecule has 0 radical (unpaired) electrons. The lowest BCUT2D eigenvalue weighted by Crippen LogP contribution is -2.33. The van der Waals surface area contributed by atoms with Crippen LogP contribution in [0.1, 0.15) is 45.8 Å². The topological polar surface area (TPSA) is 27.7 Å². The summed E-state index contributed by atoms with van der Waals surface area (Å²) in [6.07, 6.45) is 1.37. The predicted molar refractivity (Wildman–Crippen MR) is 148 cm³/mol. The first-order valence-corrected chi connectivity index (χ1v) is 12.3. The molecule has 0 aliphatic heterocycles. The van der Waals surface area contributed by atoms with Gasteiger partial charge in [0.25, 0.3) is 0 Å². The number of rotatable bonds is 2. The number of aromatic nitrogens is 1. The van der Waals surface area contributed by atoms with E-state index in [1.54, 1.807) is 11.6 Å². The molecule has 0 spiro atoms. The molecule has 4 aromatic carbocycles. The molecule has 0 N–H and O–H groups in total. The molecule has 6 rings (SSSR count). The van der Waals surface area contributed by atoms with Crippen LogP contribution < -0.4 is 4.57 Å². The Balaban J connectivity index is 1.65. The molecule has 1 aliphatic rings. The van der Waals surface area contributed by atoms with Crippen LogP contribution in [0.4, 0.5) is 4.39 Å². The third-order valence-corrected chi connectivity index (χ3v) is 7.80. The Bertz CT molecular complexity index is 1910. The summed E-state index contributed by atoms with van der Waals surface area (Å²) in [7, 11) is 1.76. The van der Waals surface area contributed by atoms with E-state index in [2.05, 4.69) is 56.3 Å². The first-order chi connectivity index (χ1) is 18.9. The number of nitrogens with zero attached hydrogens (tertiary/aromatic N) is 2. The van der Waals surface area contributed by atoms with E-state index in [0.29, 0.717) is 11.3 Å². The molecular weight excluding hydrogens is 455 g/mol. The maximum atomic E-state index is 15.3. The maximum absolute atomic E-state index is 15.3. The number of aryl methyl sites for hydroxylation is 3. The highest BCUT2D eigenvalue weighted by molar-refractivity contribution is 5.96. The molecule has 3 heteroatoms. The monoisotopic (exact) mass is 486 g/mol. The molecule has 0 fully saturated rings. The predicted octanol–water partition coefficient (Wildman–Crippen LogP) is 7.93. The van der Waals surface area contributed by atoms with Crippen molar-refractivity contribution in [2.24, 2.45) is 7.05 Å². The van der Waals surface area contributed by atoms with Crippen LogP contribution in [-0.2, 0) is 12.5 Å². The number of pyridine rings is 1. The smallest absolute Gasteiger partial charge is 0.206 e. The number of nitriles is 1. The molecule has 0 saturated heterocycles. The van der Waals surface area contributed by atoms with Crippen LogP contribution in [0.15, 0.2) is 79.0 Å². The van der Waals surface area contributed by atoms with Gasteiger partial charge in [-0.15, -0.1) is 0 Å². The molecule has 5 aromatic rings. The number of fused-ring (bicyclic) bond motifs is 4. The van der Waals surface area contributed by atoms with E-state index in [1.165, 1.54) is 12.3 Å². The number of hydrogen-bond donors (Lipinski definition) is 0. The van der Waals surface area contributed by atoms with Crippen molar-refractivity contribution in [1.82, 2.24) is 0 Å². The van der Waals surface area contributed by atoms with E-state index in [1.807, 2.05) is 37.3 Å². The molecule has 0 unspecified atom stereocenters. The van der Waals surface area contributed by atoms with Crippen LogP contribution in [0.5, 0.6) is 0 Å². The quantitative estimate of drug-likeness (QED) is 0.233. The van der Waals surface area contributed by atoms with Crippen molar-refractivity contribution in [3.8, 4) is 39.6 Å². The normalized spacial score (nSPS) is 14.9. The van der Waals surface area contributed by atoms with E-state index in [0.717, 1.165) is 55.3 Å². The van der Waals surface area contributed by atoms with Gasteiger partial charge in [-0.2, -0.15) is 5.26 Å². The SMILES string of the molecule is [2H]C([2H])([2H])c1c[n+](C)c(-c2c(C)ccc3c2C(C)(C)c2c-3ccc(C#N)c2-c2ccc3ccccc3c2)cc1F. The Morgan fingerprint density at radius 3 is 2.30 bits per heavy atom. The van der Waals surface area contributed by atoms with Gasteiger partial charge in [-0.3, -0.25) is 0 Å². The molecule has 1 heterocycles. The number of hydrogen-bond acceptors (Lipinski definition) is 1. The highest BCUT2D eigenvalue weighted by Gasteiger charge is 2.42. The standard InChI is InChI=1S/C34H28FN2/c1-20-10-14-26-27-15-13-25(18-36)31(24-12-11-22-8-6-7-9-23(22)16-24)33(27)34(3,4)32(26)30(20)29-17-28(35)21(2)19-37(29)5/h6-17,19H,1-5H3/q+1/i2D3. The first-order valence-electron chi connectivity index (χ1n) is 13.8. The zero-order chi connectivity index (χ0) is 28.6. The average molecular weight is 487 g/mol. The largest absolute Gasteiger partial charge is 0.215 e. The first kappa shape index (κ1) is 19.8. The Morgan fingerprint density at radius 2 is 1.57 bits per heavy atom. The second kappa shape index (κ2) is 8.11. The lowest BCUT2D eigenvalue weighted by Gasteiger charge is -2.27. The van der Waals surface area contributed by atoms with Gasteiger partial charge in [0.15, 0.2) is 6.20 Å². The van der Waals surface area contributed by atoms with E-state index in [-0.39, 0.29) is 5.56 Å². The van der Waals surface area contributed by atoms with Crippen LogP contribution in [-0.4, -0.2) is 0 Å². The van der Waals surface area contributed by atoms with Crippen molar-refractivity contribution >= 4 is 10.8 Å². The summed E-state index contributed by atoms with van der Waals surface area (Å²) in [5.41, 5.74) is 8.27.